The fourth-order valence-electron chi connectivity index (χ4n) is 1.90. The van der Waals surface area contributed by atoms with E-state index in [4.69, 9.17) is 10.8 Å². The standard InChI is InChI=1S/C14H18N2O2S/c1-9(6-7-17)8-16-14(18)13-12(15)10-4-2-3-5-11(10)19-13/h2-5,9,17H,6-8,15H2,1H3,(H,16,18). The monoisotopic (exact) mass is 278 g/mol. The molecule has 1 aromatic carbocycles. The fourth-order valence-corrected chi connectivity index (χ4v) is 2.94. The second kappa shape index (κ2) is 6.04. The van der Waals surface area contributed by atoms with Crippen LogP contribution >= 0.6 is 11.3 Å². The van der Waals surface area contributed by atoms with Crippen LogP contribution in [0.15, 0.2) is 24.3 Å². The van der Waals surface area contributed by atoms with E-state index in [1.807, 2.05) is 31.2 Å². The Hall–Kier alpha value is -1.59. The number of nitrogens with one attached hydrogen (secondary N) is 1. The van der Waals surface area contributed by atoms with Crippen molar-refractivity contribution in [2.75, 3.05) is 18.9 Å². The molecular formula is C14H18N2O2S. The van der Waals surface area contributed by atoms with Crippen LogP contribution in [-0.2, 0) is 0 Å². The molecular weight excluding hydrogens is 260 g/mol. The summed E-state index contributed by atoms with van der Waals surface area (Å²) in [5.41, 5.74) is 6.56. The Morgan fingerprint density at radius 2 is 2.21 bits per heavy atom. The first-order valence-corrected chi connectivity index (χ1v) is 7.11. The quantitative estimate of drug-likeness (QED) is 0.785. The highest BCUT2D eigenvalue weighted by atomic mass is 32.1. The molecule has 0 radical (unpaired) electrons. The third-order valence-electron chi connectivity index (χ3n) is 3.07. The van der Waals surface area contributed by atoms with Gasteiger partial charge in [-0.3, -0.25) is 4.79 Å². The first-order valence-electron chi connectivity index (χ1n) is 6.29. The zero-order chi connectivity index (χ0) is 13.8. The van der Waals surface area contributed by atoms with E-state index in [-0.39, 0.29) is 18.4 Å². The molecule has 0 fully saturated rings. The number of hydrogen-bond donors (Lipinski definition) is 3. The third kappa shape index (κ3) is 3.05. The molecule has 0 aliphatic heterocycles. The molecule has 1 unspecified atom stereocenters. The lowest BCUT2D eigenvalue weighted by Gasteiger charge is -2.10. The van der Waals surface area contributed by atoms with E-state index in [1.54, 1.807) is 0 Å². The number of fused-ring (bicyclic) bond motifs is 1. The molecule has 4 N–H and O–H groups in total. The Morgan fingerprint density at radius 1 is 1.47 bits per heavy atom. The molecule has 2 rings (SSSR count). The molecule has 102 valence electrons. The summed E-state index contributed by atoms with van der Waals surface area (Å²) in [5, 5.41) is 12.6. The molecule has 19 heavy (non-hydrogen) atoms. The Balaban J connectivity index is 2.11. The van der Waals surface area contributed by atoms with Gasteiger partial charge >= 0.3 is 0 Å². The van der Waals surface area contributed by atoms with Crippen LogP contribution in [0.2, 0.25) is 0 Å². The van der Waals surface area contributed by atoms with Gasteiger partial charge in [-0.05, 0) is 18.4 Å². The van der Waals surface area contributed by atoms with Crippen molar-refractivity contribution in [3.05, 3.63) is 29.1 Å². The number of thiophene rings is 1. The lowest BCUT2D eigenvalue weighted by atomic mass is 10.1. The Bertz CT molecular complexity index is 580. The maximum atomic E-state index is 12.1. The average Bonchev–Trinajstić information content (AvgIpc) is 2.74. The van der Waals surface area contributed by atoms with Gasteiger partial charge < -0.3 is 16.2 Å². The van der Waals surface area contributed by atoms with Crippen molar-refractivity contribution in [1.29, 1.82) is 0 Å². The number of anilines is 1. The van der Waals surface area contributed by atoms with Gasteiger partial charge in [0.1, 0.15) is 4.88 Å². The van der Waals surface area contributed by atoms with E-state index in [0.717, 1.165) is 10.1 Å². The Labute approximate surface area is 116 Å². The van der Waals surface area contributed by atoms with E-state index < -0.39 is 0 Å². The minimum Gasteiger partial charge on any atom is -0.397 e. The molecule has 0 aliphatic rings. The van der Waals surface area contributed by atoms with Crippen LogP contribution < -0.4 is 11.1 Å². The summed E-state index contributed by atoms with van der Waals surface area (Å²) < 4.78 is 1.02. The van der Waals surface area contributed by atoms with Crippen molar-refractivity contribution in [2.24, 2.45) is 5.92 Å². The summed E-state index contributed by atoms with van der Waals surface area (Å²) in [7, 11) is 0. The van der Waals surface area contributed by atoms with Gasteiger partial charge in [-0.1, -0.05) is 25.1 Å². The van der Waals surface area contributed by atoms with Crippen LogP contribution in [0.4, 0.5) is 5.69 Å². The van der Waals surface area contributed by atoms with Crippen LogP contribution in [0.25, 0.3) is 10.1 Å². The molecule has 0 saturated carbocycles. The van der Waals surface area contributed by atoms with E-state index >= 15 is 0 Å². The van der Waals surface area contributed by atoms with Crippen molar-refractivity contribution >= 4 is 33.0 Å². The second-order valence-corrected chi connectivity index (χ2v) is 5.72. The van der Waals surface area contributed by atoms with Crippen molar-refractivity contribution in [3.8, 4) is 0 Å². The number of aliphatic hydroxyl groups excluding tert-OH is 1. The van der Waals surface area contributed by atoms with E-state index in [2.05, 4.69) is 5.32 Å². The van der Waals surface area contributed by atoms with E-state index in [9.17, 15) is 4.79 Å². The maximum absolute atomic E-state index is 12.1. The SMILES string of the molecule is CC(CCO)CNC(=O)c1sc2ccccc2c1N. The summed E-state index contributed by atoms with van der Waals surface area (Å²) in [6.07, 6.45) is 0.683. The van der Waals surface area contributed by atoms with Crippen molar-refractivity contribution < 1.29 is 9.90 Å². The van der Waals surface area contributed by atoms with E-state index in [1.165, 1.54) is 11.3 Å². The predicted octanol–water partition coefficient (Wildman–Crippen LogP) is 2.23. The van der Waals surface area contributed by atoms with Gasteiger partial charge in [0.2, 0.25) is 0 Å². The van der Waals surface area contributed by atoms with Gasteiger partial charge in [-0.2, -0.15) is 0 Å². The number of carbonyl (C=O) groups is 1. The van der Waals surface area contributed by atoms with Gasteiger partial charge in [0.05, 0.1) is 5.69 Å². The van der Waals surface area contributed by atoms with Gasteiger partial charge in [0.15, 0.2) is 0 Å². The Morgan fingerprint density at radius 3 is 2.89 bits per heavy atom. The topological polar surface area (TPSA) is 75.3 Å². The number of hydrogen-bond acceptors (Lipinski definition) is 4. The van der Waals surface area contributed by atoms with Crippen LogP contribution in [0.1, 0.15) is 23.0 Å². The minimum absolute atomic E-state index is 0.136. The van der Waals surface area contributed by atoms with Crippen LogP contribution in [0.3, 0.4) is 0 Å². The number of rotatable bonds is 5. The number of amides is 1. The summed E-state index contributed by atoms with van der Waals surface area (Å²) in [6, 6.07) is 7.73. The van der Waals surface area contributed by atoms with Crippen LogP contribution in [0.5, 0.6) is 0 Å². The first-order chi connectivity index (χ1) is 9.13. The van der Waals surface area contributed by atoms with Crippen molar-refractivity contribution in [1.82, 2.24) is 5.32 Å². The summed E-state index contributed by atoms with van der Waals surface area (Å²) in [6.45, 7) is 2.68. The highest BCUT2D eigenvalue weighted by molar-refractivity contribution is 7.21. The van der Waals surface area contributed by atoms with Crippen molar-refractivity contribution in [3.63, 3.8) is 0 Å². The van der Waals surface area contributed by atoms with Gasteiger partial charge in [-0.15, -0.1) is 11.3 Å². The molecule has 0 bridgehead atoms. The molecule has 1 amide bonds. The molecule has 0 saturated heterocycles. The second-order valence-electron chi connectivity index (χ2n) is 4.67. The van der Waals surface area contributed by atoms with Gasteiger partial charge in [-0.25, -0.2) is 0 Å². The van der Waals surface area contributed by atoms with Gasteiger partial charge in [0, 0.05) is 23.2 Å². The molecule has 2 aromatic rings. The smallest absolute Gasteiger partial charge is 0.263 e. The van der Waals surface area contributed by atoms with E-state index in [0.29, 0.717) is 23.5 Å². The number of nitrogen functional groups attached to an aromatic ring is 1. The van der Waals surface area contributed by atoms with Crippen molar-refractivity contribution in [2.45, 2.75) is 13.3 Å². The average molecular weight is 278 g/mol. The zero-order valence-electron chi connectivity index (χ0n) is 10.8. The molecule has 4 nitrogen and oxygen atoms in total. The molecule has 1 atom stereocenters. The highest BCUT2D eigenvalue weighted by Crippen LogP contribution is 2.33. The van der Waals surface area contributed by atoms with Crippen LogP contribution in [0, 0.1) is 5.92 Å². The fraction of sp³-hybridized carbons (Fsp3) is 0.357. The highest BCUT2D eigenvalue weighted by Gasteiger charge is 2.16. The zero-order valence-corrected chi connectivity index (χ0v) is 11.7. The molecule has 0 aliphatic carbocycles. The van der Waals surface area contributed by atoms with Crippen LogP contribution in [-0.4, -0.2) is 24.2 Å². The number of benzene rings is 1. The number of aliphatic hydroxyl groups is 1. The summed E-state index contributed by atoms with van der Waals surface area (Å²) in [4.78, 5) is 12.7. The summed E-state index contributed by atoms with van der Waals surface area (Å²) >= 11 is 1.41. The first kappa shape index (κ1) is 13.8. The lowest BCUT2D eigenvalue weighted by Crippen LogP contribution is -2.28. The van der Waals surface area contributed by atoms with Gasteiger partial charge in [0.25, 0.3) is 5.91 Å². The molecule has 5 heteroatoms. The number of nitrogens with two attached hydrogens (primary N) is 1. The Kier molecular flexibility index (Phi) is 4.39. The molecule has 1 heterocycles. The normalized spacial score (nSPS) is 12.5. The lowest BCUT2D eigenvalue weighted by molar-refractivity contribution is 0.0950. The minimum atomic E-state index is -0.136. The molecule has 1 aromatic heterocycles. The maximum Gasteiger partial charge on any atom is 0.263 e. The third-order valence-corrected chi connectivity index (χ3v) is 4.26. The predicted molar refractivity (Wildman–Crippen MR) is 79.4 cm³/mol. The number of carbonyl (C=O) groups excluding carboxylic acids is 1. The molecule has 0 spiro atoms. The largest absolute Gasteiger partial charge is 0.397 e. The summed E-state index contributed by atoms with van der Waals surface area (Å²) in [5.74, 6) is 0.119.